The highest BCUT2D eigenvalue weighted by molar-refractivity contribution is 6.32. The molecule has 1 saturated carbocycles. The van der Waals surface area contributed by atoms with Crippen LogP contribution in [0.5, 0.6) is 5.75 Å². The van der Waals surface area contributed by atoms with E-state index in [1.54, 1.807) is 23.1 Å². The van der Waals surface area contributed by atoms with Crippen LogP contribution in [0.25, 0.3) is 0 Å². The predicted molar refractivity (Wildman–Crippen MR) is 116 cm³/mol. The molecule has 29 heavy (non-hydrogen) atoms. The molecule has 3 rings (SSSR count). The summed E-state index contributed by atoms with van der Waals surface area (Å²) in [4.78, 5) is 26.3. The lowest BCUT2D eigenvalue weighted by molar-refractivity contribution is -0.133. The third-order valence-electron chi connectivity index (χ3n) is 5.10. The molecule has 0 saturated heterocycles. The maximum Gasteiger partial charge on any atom is 0.260 e. The third-order valence-corrected chi connectivity index (χ3v) is 5.74. The molecule has 2 atom stereocenters. The van der Waals surface area contributed by atoms with Gasteiger partial charge in [-0.3, -0.25) is 9.59 Å². The fraction of sp³-hybridized carbons (Fsp3) is 0.364. The van der Waals surface area contributed by atoms with Crippen molar-refractivity contribution in [3.05, 3.63) is 58.1 Å². The van der Waals surface area contributed by atoms with Crippen LogP contribution in [0.3, 0.4) is 0 Å². The zero-order chi connectivity index (χ0) is 21.0. The Balaban J connectivity index is 1.56. The number of hydrogen-bond acceptors (Lipinski definition) is 3. The van der Waals surface area contributed by atoms with Crippen molar-refractivity contribution in [3.8, 4) is 5.75 Å². The van der Waals surface area contributed by atoms with Gasteiger partial charge < -0.3 is 15.0 Å². The molecule has 2 aromatic carbocycles. The Labute approximate surface area is 180 Å². The summed E-state index contributed by atoms with van der Waals surface area (Å²) in [6.45, 7) is 5.03. The number of nitrogens with one attached hydrogen (secondary N) is 1. The Morgan fingerprint density at radius 2 is 1.83 bits per heavy atom. The monoisotopic (exact) mass is 434 g/mol. The molecule has 5 nitrogen and oxygen atoms in total. The molecule has 1 fully saturated rings. The molecule has 1 aliphatic carbocycles. The van der Waals surface area contributed by atoms with Gasteiger partial charge in [0, 0.05) is 29.7 Å². The molecule has 0 bridgehead atoms. The molecule has 154 valence electrons. The van der Waals surface area contributed by atoms with Crippen molar-refractivity contribution in [2.24, 2.45) is 5.92 Å². The van der Waals surface area contributed by atoms with Gasteiger partial charge in [-0.15, -0.1) is 0 Å². The number of carbonyl (C=O) groups is 2. The van der Waals surface area contributed by atoms with Crippen LogP contribution < -0.4 is 10.1 Å². The van der Waals surface area contributed by atoms with Crippen LogP contribution >= 0.6 is 23.2 Å². The molecule has 0 radical (unpaired) electrons. The van der Waals surface area contributed by atoms with Crippen molar-refractivity contribution in [2.75, 3.05) is 25.0 Å². The third kappa shape index (κ3) is 5.22. The summed E-state index contributed by atoms with van der Waals surface area (Å²) in [5.74, 6) is 0.300. The molecule has 2 aromatic rings. The molecule has 1 N–H and O–H groups in total. The van der Waals surface area contributed by atoms with Crippen LogP contribution in [0.4, 0.5) is 5.69 Å². The average Bonchev–Trinajstić information content (AvgIpc) is 3.49. The fourth-order valence-corrected chi connectivity index (χ4v) is 3.85. The van der Waals surface area contributed by atoms with Crippen LogP contribution in [-0.2, 0) is 9.59 Å². The second-order valence-corrected chi connectivity index (χ2v) is 7.77. The van der Waals surface area contributed by atoms with Gasteiger partial charge in [-0.1, -0.05) is 41.4 Å². The van der Waals surface area contributed by atoms with E-state index in [4.69, 9.17) is 27.9 Å². The minimum Gasteiger partial charge on any atom is -0.482 e. The number of benzene rings is 2. The van der Waals surface area contributed by atoms with Crippen molar-refractivity contribution < 1.29 is 14.3 Å². The lowest BCUT2D eigenvalue weighted by atomic mass is 10.1. The van der Waals surface area contributed by atoms with Crippen molar-refractivity contribution in [3.63, 3.8) is 0 Å². The van der Waals surface area contributed by atoms with Crippen molar-refractivity contribution in [2.45, 2.75) is 26.2 Å². The van der Waals surface area contributed by atoms with Crippen LogP contribution in [0.2, 0.25) is 10.0 Å². The number of anilines is 1. The first-order chi connectivity index (χ1) is 13.9. The van der Waals surface area contributed by atoms with Gasteiger partial charge in [0.15, 0.2) is 6.61 Å². The van der Waals surface area contributed by atoms with Gasteiger partial charge in [0.2, 0.25) is 5.91 Å². The quantitative estimate of drug-likeness (QED) is 0.636. The summed E-state index contributed by atoms with van der Waals surface area (Å²) >= 11 is 12.5. The fourth-order valence-electron chi connectivity index (χ4n) is 3.34. The summed E-state index contributed by atoms with van der Waals surface area (Å²) < 4.78 is 5.54. The lowest BCUT2D eigenvalue weighted by Crippen LogP contribution is -2.34. The van der Waals surface area contributed by atoms with E-state index < -0.39 is 0 Å². The van der Waals surface area contributed by atoms with E-state index in [-0.39, 0.29) is 30.3 Å². The second-order valence-electron chi connectivity index (χ2n) is 6.96. The zero-order valence-electron chi connectivity index (χ0n) is 16.5. The second kappa shape index (κ2) is 9.51. The first-order valence-corrected chi connectivity index (χ1v) is 10.5. The van der Waals surface area contributed by atoms with Gasteiger partial charge in [0.1, 0.15) is 5.75 Å². The van der Waals surface area contributed by atoms with E-state index in [1.165, 1.54) is 0 Å². The number of nitrogens with zero attached hydrogens (tertiary/aromatic N) is 1. The van der Waals surface area contributed by atoms with Crippen LogP contribution in [0.1, 0.15) is 31.7 Å². The topological polar surface area (TPSA) is 58.6 Å². The molecule has 0 aliphatic heterocycles. The number of carbonyl (C=O) groups excluding carboxylic acids is 2. The molecule has 2 amide bonds. The zero-order valence-corrected chi connectivity index (χ0v) is 18.0. The highest BCUT2D eigenvalue weighted by atomic mass is 35.5. The van der Waals surface area contributed by atoms with E-state index in [1.807, 2.05) is 38.1 Å². The lowest BCUT2D eigenvalue weighted by Gasteiger charge is -2.19. The van der Waals surface area contributed by atoms with Gasteiger partial charge in [-0.05, 0) is 56.0 Å². The van der Waals surface area contributed by atoms with Gasteiger partial charge in [0.25, 0.3) is 5.91 Å². The Morgan fingerprint density at radius 3 is 2.48 bits per heavy atom. The summed E-state index contributed by atoms with van der Waals surface area (Å²) in [6.07, 6.45) is 0.776. The van der Waals surface area contributed by atoms with Gasteiger partial charge in [0.05, 0.1) is 5.02 Å². The van der Waals surface area contributed by atoms with Gasteiger partial charge in [-0.25, -0.2) is 0 Å². The number of hydrogen-bond donors (Lipinski definition) is 1. The van der Waals surface area contributed by atoms with Gasteiger partial charge >= 0.3 is 0 Å². The summed E-state index contributed by atoms with van der Waals surface area (Å²) in [6, 6.07) is 12.6. The molecule has 2 unspecified atom stereocenters. The maximum absolute atomic E-state index is 12.5. The molecular weight excluding hydrogens is 411 g/mol. The first kappa shape index (κ1) is 21.5. The van der Waals surface area contributed by atoms with Crippen molar-refractivity contribution >= 4 is 40.7 Å². The van der Waals surface area contributed by atoms with E-state index in [0.29, 0.717) is 34.6 Å². The number of halogens is 2. The summed E-state index contributed by atoms with van der Waals surface area (Å²) in [7, 11) is 0. The largest absolute Gasteiger partial charge is 0.482 e. The van der Waals surface area contributed by atoms with Crippen LogP contribution in [0, 0.1) is 5.92 Å². The maximum atomic E-state index is 12.5. The smallest absolute Gasteiger partial charge is 0.260 e. The highest BCUT2D eigenvalue weighted by Crippen LogP contribution is 2.50. The minimum absolute atomic E-state index is 0.0589. The Hall–Kier alpha value is -2.24. The van der Waals surface area contributed by atoms with Gasteiger partial charge in [-0.2, -0.15) is 0 Å². The van der Waals surface area contributed by atoms with E-state index >= 15 is 0 Å². The minimum atomic E-state index is -0.101. The molecule has 0 spiro atoms. The molecule has 0 heterocycles. The van der Waals surface area contributed by atoms with Crippen LogP contribution in [-0.4, -0.2) is 36.4 Å². The van der Waals surface area contributed by atoms with Crippen LogP contribution in [0.15, 0.2) is 42.5 Å². The molecule has 0 aromatic heterocycles. The number of ether oxygens (including phenoxy) is 1. The Bertz CT molecular complexity index is 899. The number of rotatable bonds is 8. The highest BCUT2D eigenvalue weighted by Gasteiger charge is 2.44. The SMILES string of the molecule is CCN(CC)C(=O)COc1ccc(NC(=O)C2CC2c2ccccc2Cl)cc1Cl. The van der Waals surface area contributed by atoms with E-state index in [9.17, 15) is 9.59 Å². The predicted octanol–water partition coefficient (Wildman–Crippen LogP) is 4.98. The van der Waals surface area contributed by atoms with Crippen molar-refractivity contribution in [1.29, 1.82) is 0 Å². The van der Waals surface area contributed by atoms with E-state index in [2.05, 4.69) is 5.32 Å². The normalized spacial score (nSPS) is 17.5. The standard InChI is InChI=1S/C22H24Cl2N2O3/c1-3-26(4-2)21(27)13-29-20-10-9-14(11-19(20)24)25-22(28)17-12-16(17)15-7-5-6-8-18(15)23/h5-11,16-17H,3-4,12-13H2,1-2H3,(H,25,28). The summed E-state index contributed by atoms with van der Waals surface area (Å²) in [5, 5.41) is 3.93. The number of amides is 2. The summed E-state index contributed by atoms with van der Waals surface area (Å²) in [5.41, 5.74) is 1.60. The molecule has 7 heteroatoms. The average molecular weight is 435 g/mol. The molecule has 1 aliphatic rings. The van der Waals surface area contributed by atoms with Crippen molar-refractivity contribution in [1.82, 2.24) is 4.90 Å². The Kier molecular flexibility index (Phi) is 7.04. The first-order valence-electron chi connectivity index (χ1n) is 9.70. The Morgan fingerprint density at radius 1 is 1.10 bits per heavy atom. The molecular formula is C22H24Cl2N2O3. The van der Waals surface area contributed by atoms with E-state index in [0.717, 1.165) is 12.0 Å². The number of likely N-dealkylation sites (N-methyl/N-ethyl adjacent to an activating group) is 1.